The van der Waals surface area contributed by atoms with Crippen molar-refractivity contribution >= 4 is 17.6 Å². The molecule has 0 aliphatic carbocycles. The first-order valence-corrected chi connectivity index (χ1v) is 5.89. The molecule has 0 unspecified atom stereocenters. The molecular formula is C10H15N5O6. The SMILES string of the molecule is NC(=O)c1nn([C@H]2O[C@@H](CO)[C@H](O)[C@@H]2O)c(N)c1C(N)=O. The predicted octanol–water partition coefficient (Wildman–Crippen LogP) is -3.73. The van der Waals surface area contributed by atoms with Gasteiger partial charge in [0.2, 0.25) is 0 Å². The number of rotatable bonds is 4. The fourth-order valence-electron chi connectivity index (χ4n) is 2.14. The summed E-state index contributed by atoms with van der Waals surface area (Å²) in [5.74, 6) is -2.41. The van der Waals surface area contributed by atoms with E-state index in [9.17, 15) is 19.8 Å². The predicted molar refractivity (Wildman–Crippen MR) is 66.7 cm³/mol. The van der Waals surface area contributed by atoms with Crippen molar-refractivity contribution in [2.75, 3.05) is 12.3 Å². The smallest absolute Gasteiger partial charge is 0.270 e. The van der Waals surface area contributed by atoms with Gasteiger partial charge in [0, 0.05) is 0 Å². The van der Waals surface area contributed by atoms with Gasteiger partial charge in [-0.05, 0) is 0 Å². The number of ether oxygens (including phenoxy) is 1. The number of anilines is 1. The van der Waals surface area contributed by atoms with Gasteiger partial charge in [0.1, 0.15) is 29.7 Å². The van der Waals surface area contributed by atoms with Gasteiger partial charge in [-0.25, -0.2) is 4.68 Å². The van der Waals surface area contributed by atoms with Crippen LogP contribution < -0.4 is 17.2 Å². The van der Waals surface area contributed by atoms with Crippen LogP contribution in [0, 0.1) is 0 Å². The maximum absolute atomic E-state index is 11.3. The summed E-state index contributed by atoms with van der Waals surface area (Å²) in [6, 6.07) is 0. The van der Waals surface area contributed by atoms with Crippen molar-refractivity contribution in [3.8, 4) is 0 Å². The summed E-state index contributed by atoms with van der Waals surface area (Å²) in [6.07, 6.45) is -5.24. The molecule has 2 amide bonds. The number of amides is 2. The van der Waals surface area contributed by atoms with Crippen molar-refractivity contribution < 1.29 is 29.6 Å². The molecule has 1 aliphatic rings. The topological polar surface area (TPSA) is 200 Å². The van der Waals surface area contributed by atoms with E-state index in [1.54, 1.807) is 0 Å². The van der Waals surface area contributed by atoms with Crippen LogP contribution in [-0.4, -0.2) is 61.8 Å². The quantitative estimate of drug-likeness (QED) is 0.326. The molecule has 0 radical (unpaired) electrons. The number of hydrogen-bond acceptors (Lipinski definition) is 8. The minimum Gasteiger partial charge on any atom is -0.394 e. The van der Waals surface area contributed by atoms with Crippen molar-refractivity contribution in [1.29, 1.82) is 0 Å². The van der Waals surface area contributed by atoms with Crippen molar-refractivity contribution in [3.05, 3.63) is 11.3 Å². The maximum atomic E-state index is 11.3. The molecule has 2 rings (SSSR count). The third-order valence-corrected chi connectivity index (χ3v) is 3.19. The molecule has 21 heavy (non-hydrogen) atoms. The Labute approximate surface area is 117 Å². The average Bonchev–Trinajstić information content (AvgIpc) is 2.89. The van der Waals surface area contributed by atoms with Crippen molar-refractivity contribution in [3.63, 3.8) is 0 Å². The van der Waals surface area contributed by atoms with Crippen LogP contribution in [0.1, 0.15) is 27.1 Å². The van der Waals surface area contributed by atoms with Gasteiger partial charge in [-0.15, -0.1) is 0 Å². The first-order valence-electron chi connectivity index (χ1n) is 5.89. The molecule has 1 aromatic rings. The van der Waals surface area contributed by atoms with Crippen LogP contribution in [0.4, 0.5) is 5.82 Å². The Balaban J connectivity index is 2.48. The third-order valence-electron chi connectivity index (χ3n) is 3.19. The maximum Gasteiger partial charge on any atom is 0.270 e. The second-order valence-electron chi connectivity index (χ2n) is 4.51. The highest BCUT2D eigenvalue weighted by atomic mass is 16.6. The summed E-state index contributed by atoms with van der Waals surface area (Å²) in [5.41, 5.74) is 15.0. The Morgan fingerprint density at radius 1 is 1.24 bits per heavy atom. The Bertz CT molecular complexity index is 587. The molecule has 2 heterocycles. The second kappa shape index (κ2) is 5.29. The summed E-state index contributed by atoms with van der Waals surface area (Å²) < 4.78 is 6.02. The summed E-state index contributed by atoms with van der Waals surface area (Å²) in [6.45, 7) is -0.554. The highest BCUT2D eigenvalue weighted by molar-refractivity contribution is 6.08. The first-order chi connectivity index (χ1) is 9.79. The zero-order chi connectivity index (χ0) is 15.9. The number of nitrogens with two attached hydrogens (primary N) is 3. The average molecular weight is 301 g/mol. The lowest BCUT2D eigenvalue weighted by molar-refractivity contribution is -0.0575. The number of aliphatic hydroxyl groups excluding tert-OH is 3. The molecule has 1 fully saturated rings. The molecule has 9 N–H and O–H groups in total. The van der Waals surface area contributed by atoms with Crippen molar-refractivity contribution in [2.45, 2.75) is 24.5 Å². The first kappa shape index (κ1) is 15.2. The molecule has 4 atom stereocenters. The van der Waals surface area contributed by atoms with Gasteiger partial charge >= 0.3 is 0 Å². The number of hydrogen-bond donors (Lipinski definition) is 6. The lowest BCUT2D eigenvalue weighted by Gasteiger charge is -2.16. The summed E-state index contributed by atoms with van der Waals surface area (Å²) >= 11 is 0. The van der Waals surface area contributed by atoms with E-state index in [1.165, 1.54) is 0 Å². The van der Waals surface area contributed by atoms with Crippen LogP contribution in [-0.2, 0) is 4.74 Å². The van der Waals surface area contributed by atoms with Gasteiger partial charge in [-0.2, -0.15) is 5.10 Å². The molecule has 1 aliphatic heterocycles. The van der Waals surface area contributed by atoms with E-state index in [0.717, 1.165) is 4.68 Å². The molecule has 11 heteroatoms. The van der Waals surface area contributed by atoms with Crippen LogP contribution in [0.15, 0.2) is 0 Å². The standard InChI is InChI=1S/C10H15N5O6/c11-7-3(8(12)19)4(9(13)20)14-15(7)10-6(18)5(17)2(1-16)21-10/h2,5-6,10,16-18H,1,11H2,(H2,12,19)(H2,13,20)/t2-,5-,6-,10-/m0/s1. The van der Waals surface area contributed by atoms with E-state index in [4.69, 9.17) is 27.0 Å². The van der Waals surface area contributed by atoms with Gasteiger partial charge in [-0.3, -0.25) is 9.59 Å². The highest BCUT2D eigenvalue weighted by Gasteiger charge is 2.45. The van der Waals surface area contributed by atoms with Gasteiger partial charge in [-0.1, -0.05) is 0 Å². The van der Waals surface area contributed by atoms with E-state index in [1.807, 2.05) is 0 Å². The molecule has 0 bridgehead atoms. The second-order valence-corrected chi connectivity index (χ2v) is 4.51. The van der Waals surface area contributed by atoms with Crippen LogP contribution in [0.2, 0.25) is 0 Å². The van der Waals surface area contributed by atoms with Crippen molar-refractivity contribution in [2.24, 2.45) is 11.5 Å². The summed E-state index contributed by atoms with van der Waals surface area (Å²) in [5, 5.41) is 32.3. The Morgan fingerprint density at radius 2 is 1.86 bits per heavy atom. The zero-order valence-electron chi connectivity index (χ0n) is 10.7. The van der Waals surface area contributed by atoms with E-state index in [0.29, 0.717) is 0 Å². The van der Waals surface area contributed by atoms with E-state index in [-0.39, 0.29) is 5.82 Å². The normalized spacial score (nSPS) is 28.7. The minimum atomic E-state index is -1.48. The number of aromatic nitrogens is 2. The Kier molecular flexibility index (Phi) is 3.82. The van der Waals surface area contributed by atoms with Gasteiger partial charge < -0.3 is 37.3 Å². The molecule has 11 nitrogen and oxygen atoms in total. The fourth-order valence-corrected chi connectivity index (χ4v) is 2.14. The minimum absolute atomic E-state index is 0.342. The van der Waals surface area contributed by atoms with Gasteiger partial charge in [0.15, 0.2) is 11.9 Å². The Hall–Kier alpha value is -2.21. The van der Waals surface area contributed by atoms with Gasteiger partial charge in [0.25, 0.3) is 11.8 Å². The van der Waals surface area contributed by atoms with Crippen LogP contribution in [0.25, 0.3) is 0 Å². The number of primary amides is 2. The molecule has 1 aromatic heterocycles. The number of nitrogen functional groups attached to an aromatic ring is 1. The zero-order valence-corrected chi connectivity index (χ0v) is 10.7. The summed E-state index contributed by atoms with van der Waals surface area (Å²) in [4.78, 5) is 22.6. The summed E-state index contributed by atoms with van der Waals surface area (Å²) in [7, 11) is 0. The number of nitrogens with zero attached hydrogens (tertiary/aromatic N) is 2. The lowest BCUT2D eigenvalue weighted by atomic mass is 10.1. The van der Waals surface area contributed by atoms with E-state index in [2.05, 4.69) is 5.10 Å². The number of carbonyl (C=O) groups is 2. The van der Waals surface area contributed by atoms with Crippen LogP contribution >= 0.6 is 0 Å². The molecule has 0 aromatic carbocycles. The molecule has 0 spiro atoms. The number of carbonyl (C=O) groups excluding carboxylic acids is 2. The molecular weight excluding hydrogens is 286 g/mol. The molecule has 0 saturated carbocycles. The molecule has 1 saturated heterocycles. The lowest BCUT2D eigenvalue weighted by Crippen LogP contribution is -2.33. The molecule has 116 valence electrons. The van der Waals surface area contributed by atoms with Crippen LogP contribution in [0.3, 0.4) is 0 Å². The number of aliphatic hydroxyl groups is 3. The van der Waals surface area contributed by atoms with Crippen molar-refractivity contribution in [1.82, 2.24) is 9.78 Å². The van der Waals surface area contributed by atoms with E-state index >= 15 is 0 Å². The largest absolute Gasteiger partial charge is 0.394 e. The van der Waals surface area contributed by atoms with Gasteiger partial charge in [0.05, 0.1) is 6.61 Å². The Morgan fingerprint density at radius 3 is 2.24 bits per heavy atom. The van der Waals surface area contributed by atoms with E-state index < -0.39 is 54.2 Å². The van der Waals surface area contributed by atoms with Crippen LogP contribution in [0.5, 0.6) is 0 Å². The highest BCUT2D eigenvalue weighted by Crippen LogP contribution is 2.32. The fraction of sp³-hybridized carbons (Fsp3) is 0.500. The third kappa shape index (κ3) is 2.31. The monoisotopic (exact) mass is 301 g/mol.